The normalized spacial score (nSPS) is 19.5. The summed E-state index contributed by atoms with van der Waals surface area (Å²) in [5, 5.41) is 0. The second kappa shape index (κ2) is 10.7. The molecule has 0 N–H and O–H groups in total. The molecule has 2 aromatic rings. The molecule has 0 saturated heterocycles. The van der Waals surface area contributed by atoms with E-state index < -0.39 is 0 Å². The molecule has 3 rings (SSSR count). The Kier molecular flexibility index (Phi) is 7.97. The minimum atomic E-state index is 0.287. The summed E-state index contributed by atoms with van der Waals surface area (Å²) in [6.07, 6.45) is 11.2. The number of unbranched alkanes of at least 4 members (excludes halogenated alkanes) is 2. The summed E-state index contributed by atoms with van der Waals surface area (Å²) < 4.78 is 10.6. The first kappa shape index (κ1) is 20.9. The van der Waals surface area contributed by atoms with Gasteiger partial charge in [-0.2, -0.15) is 0 Å². The van der Waals surface area contributed by atoms with Crippen molar-refractivity contribution in [3.05, 3.63) is 53.6 Å². The molecule has 0 amide bonds. The smallest absolute Gasteiger partial charge is 0.188 e. The van der Waals surface area contributed by atoms with Gasteiger partial charge in [0.05, 0.1) is 0 Å². The van der Waals surface area contributed by atoms with Crippen LogP contribution in [0.15, 0.2) is 42.5 Å². The van der Waals surface area contributed by atoms with Crippen LogP contribution in [0, 0.1) is 12.8 Å². The molecule has 1 fully saturated rings. The first-order valence-corrected chi connectivity index (χ1v) is 11.0. The molecule has 152 valence electrons. The zero-order valence-corrected chi connectivity index (χ0v) is 17.9. The molecule has 28 heavy (non-hydrogen) atoms. The van der Waals surface area contributed by atoms with Gasteiger partial charge in [-0.3, -0.25) is 0 Å². The van der Waals surface area contributed by atoms with Gasteiger partial charge in [-0.15, -0.1) is 0 Å². The van der Waals surface area contributed by atoms with Crippen molar-refractivity contribution in [1.82, 2.24) is 0 Å². The van der Waals surface area contributed by atoms with E-state index in [1.165, 1.54) is 68.1 Å². The first-order valence-electron chi connectivity index (χ1n) is 11.0. The molecule has 1 aliphatic carbocycles. The lowest BCUT2D eigenvalue weighted by Gasteiger charge is -2.29. The predicted octanol–water partition coefficient (Wildman–Crippen LogP) is 7.50. The molecular formula is C26H36O2. The number of hydrogen-bond acceptors (Lipinski definition) is 2. The van der Waals surface area contributed by atoms with Crippen LogP contribution < -0.4 is 4.74 Å². The lowest BCUT2D eigenvalue weighted by Crippen LogP contribution is -2.13. The van der Waals surface area contributed by atoms with Gasteiger partial charge in [-0.1, -0.05) is 62.9 Å². The Morgan fingerprint density at radius 1 is 0.893 bits per heavy atom. The van der Waals surface area contributed by atoms with Gasteiger partial charge in [0.1, 0.15) is 5.75 Å². The van der Waals surface area contributed by atoms with Crippen LogP contribution in [0.3, 0.4) is 0 Å². The highest BCUT2D eigenvalue weighted by atomic mass is 16.7. The van der Waals surface area contributed by atoms with E-state index in [9.17, 15) is 0 Å². The Labute approximate surface area is 171 Å². The zero-order valence-electron chi connectivity index (χ0n) is 17.9. The van der Waals surface area contributed by atoms with Crippen molar-refractivity contribution in [2.24, 2.45) is 5.92 Å². The zero-order chi connectivity index (χ0) is 19.8. The molecule has 2 aromatic carbocycles. The maximum Gasteiger partial charge on any atom is 0.188 e. The van der Waals surface area contributed by atoms with Crippen LogP contribution in [0.1, 0.15) is 75.3 Å². The van der Waals surface area contributed by atoms with E-state index in [4.69, 9.17) is 9.47 Å². The molecule has 0 aromatic heterocycles. The summed E-state index contributed by atoms with van der Waals surface area (Å²) in [7, 11) is 1.64. The Balaban J connectivity index is 1.57. The molecule has 0 atom stereocenters. The highest BCUT2D eigenvalue weighted by Gasteiger charge is 2.22. The van der Waals surface area contributed by atoms with Crippen molar-refractivity contribution >= 4 is 0 Å². The van der Waals surface area contributed by atoms with Crippen LogP contribution in [-0.4, -0.2) is 13.9 Å². The summed E-state index contributed by atoms with van der Waals surface area (Å²) in [5.74, 6) is 2.62. The molecule has 0 radical (unpaired) electrons. The monoisotopic (exact) mass is 380 g/mol. The van der Waals surface area contributed by atoms with Gasteiger partial charge in [-0.05, 0) is 78.8 Å². The van der Waals surface area contributed by atoms with Crippen molar-refractivity contribution in [3.63, 3.8) is 0 Å². The van der Waals surface area contributed by atoms with E-state index in [0.717, 1.165) is 23.1 Å². The Morgan fingerprint density at radius 3 is 2.25 bits per heavy atom. The van der Waals surface area contributed by atoms with Crippen LogP contribution in [0.5, 0.6) is 5.75 Å². The summed E-state index contributed by atoms with van der Waals surface area (Å²) in [6.45, 7) is 4.67. The average Bonchev–Trinajstić information content (AvgIpc) is 2.74. The summed E-state index contributed by atoms with van der Waals surface area (Å²) in [6, 6.07) is 15.6. The molecule has 1 aliphatic rings. The molecule has 0 unspecified atom stereocenters. The molecule has 2 heteroatoms. The molecule has 2 nitrogen and oxygen atoms in total. The predicted molar refractivity (Wildman–Crippen MR) is 118 cm³/mol. The largest absolute Gasteiger partial charge is 0.467 e. The first-order chi connectivity index (χ1) is 13.7. The maximum atomic E-state index is 5.59. The van der Waals surface area contributed by atoms with Crippen LogP contribution in [-0.2, 0) is 4.74 Å². The average molecular weight is 381 g/mol. The van der Waals surface area contributed by atoms with E-state index in [1.54, 1.807) is 7.11 Å². The number of ether oxygens (including phenoxy) is 2. The van der Waals surface area contributed by atoms with Crippen molar-refractivity contribution in [1.29, 1.82) is 0 Å². The van der Waals surface area contributed by atoms with Crippen LogP contribution in [0.25, 0.3) is 11.1 Å². The Bertz CT molecular complexity index is 712. The fourth-order valence-corrected chi connectivity index (χ4v) is 4.53. The van der Waals surface area contributed by atoms with E-state index in [1.807, 2.05) is 6.07 Å². The number of benzene rings is 2. The summed E-state index contributed by atoms with van der Waals surface area (Å²) >= 11 is 0. The fraction of sp³-hybridized carbons (Fsp3) is 0.538. The third-order valence-corrected chi connectivity index (χ3v) is 6.29. The molecular weight excluding hydrogens is 344 g/mol. The van der Waals surface area contributed by atoms with Crippen LogP contribution >= 0.6 is 0 Å². The molecule has 0 heterocycles. The summed E-state index contributed by atoms with van der Waals surface area (Å²) in [5.41, 5.74) is 5.18. The quantitative estimate of drug-likeness (QED) is 0.331. The third kappa shape index (κ3) is 5.61. The summed E-state index contributed by atoms with van der Waals surface area (Å²) in [4.78, 5) is 0. The van der Waals surface area contributed by atoms with Gasteiger partial charge < -0.3 is 9.47 Å². The fourth-order valence-electron chi connectivity index (χ4n) is 4.53. The lowest BCUT2D eigenvalue weighted by atomic mass is 9.77. The second-order valence-corrected chi connectivity index (χ2v) is 8.37. The third-order valence-electron chi connectivity index (χ3n) is 6.29. The van der Waals surface area contributed by atoms with Gasteiger partial charge in [0, 0.05) is 7.11 Å². The Morgan fingerprint density at radius 2 is 1.61 bits per heavy atom. The van der Waals surface area contributed by atoms with E-state index >= 15 is 0 Å². The van der Waals surface area contributed by atoms with Crippen molar-refractivity contribution < 1.29 is 9.47 Å². The molecule has 1 saturated carbocycles. The van der Waals surface area contributed by atoms with E-state index in [0.29, 0.717) is 0 Å². The molecule has 0 bridgehead atoms. The van der Waals surface area contributed by atoms with Gasteiger partial charge in [0.25, 0.3) is 0 Å². The van der Waals surface area contributed by atoms with E-state index in [2.05, 4.69) is 50.2 Å². The standard InChI is InChI=1S/C26H36O2/c1-4-5-6-7-21-8-10-22(11-9-21)23-12-14-24(15-13-23)25-16-17-26(20(2)18-25)28-19-27-3/h12-18,21-22H,4-11,19H2,1-3H3/t21-,22-. The van der Waals surface area contributed by atoms with Crippen LogP contribution in [0.4, 0.5) is 0 Å². The lowest BCUT2D eigenvalue weighted by molar-refractivity contribution is 0.0506. The van der Waals surface area contributed by atoms with Gasteiger partial charge in [-0.25, -0.2) is 0 Å². The van der Waals surface area contributed by atoms with Crippen molar-refractivity contribution in [3.8, 4) is 16.9 Å². The number of aryl methyl sites for hydroxylation is 1. The van der Waals surface area contributed by atoms with E-state index in [-0.39, 0.29) is 6.79 Å². The minimum Gasteiger partial charge on any atom is -0.467 e. The minimum absolute atomic E-state index is 0.287. The van der Waals surface area contributed by atoms with Crippen LogP contribution in [0.2, 0.25) is 0 Å². The van der Waals surface area contributed by atoms with Gasteiger partial charge in [0.15, 0.2) is 6.79 Å². The maximum absolute atomic E-state index is 5.59. The Hall–Kier alpha value is -1.80. The second-order valence-electron chi connectivity index (χ2n) is 8.37. The molecule has 0 aliphatic heterocycles. The number of methoxy groups -OCH3 is 1. The van der Waals surface area contributed by atoms with Gasteiger partial charge >= 0.3 is 0 Å². The number of hydrogen-bond donors (Lipinski definition) is 0. The highest BCUT2D eigenvalue weighted by molar-refractivity contribution is 5.66. The van der Waals surface area contributed by atoms with Crippen molar-refractivity contribution in [2.75, 3.05) is 13.9 Å². The SMILES string of the molecule is CCCCC[C@H]1CC[C@H](c2ccc(-c3ccc(OCOC)c(C)c3)cc2)CC1. The highest BCUT2D eigenvalue weighted by Crippen LogP contribution is 2.38. The molecule has 0 spiro atoms. The number of rotatable bonds is 9. The topological polar surface area (TPSA) is 18.5 Å². The van der Waals surface area contributed by atoms with Gasteiger partial charge in [0.2, 0.25) is 0 Å². The van der Waals surface area contributed by atoms with Crippen molar-refractivity contribution in [2.45, 2.75) is 71.1 Å².